The Labute approximate surface area is 140 Å². The van der Waals surface area contributed by atoms with Gasteiger partial charge in [0, 0.05) is 31.4 Å². The maximum absolute atomic E-state index is 12.0. The molecule has 0 spiro atoms. The fourth-order valence-electron chi connectivity index (χ4n) is 2.75. The van der Waals surface area contributed by atoms with Gasteiger partial charge in [0.15, 0.2) is 5.65 Å². The van der Waals surface area contributed by atoms with Gasteiger partial charge in [-0.05, 0) is 44.2 Å². The van der Waals surface area contributed by atoms with Gasteiger partial charge in [-0.25, -0.2) is 9.50 Å². The Bertz CT molecular complexity index is 877. The number of hydrogen-bond donors (Lipinski definition) is 1. The molecule has 0 radical (unpaired) electrons. The largest absolute Gasteiger partial charge is 0.492 e. The molecule has 0 saturated carbocycles. The third-order valence-electron chi connectivity index (χ3n) is 3.80. The molecule has 0 aliphatic heterocycles. The Balaban J connectivity index is 1.56. The van der Waals surface area contributed by atoms with Gasteiger partial charge in [0.1, 0.15) is 12.4 Å². The van der Waals surface area contributed by atoms with Crippen LogP contribution in [0.15, 0.2) is 41.3 Å². The number of likely N-dealkylation sites (N-methyl/N-ethyl adjacent to an activating group) is 1. The predicted molar refractivity (Wildman–Crippen MR) is 93.6 cm³/mol. The van der Waals surface area contributed by atoms with Crippen molar-refractivity contribution in [2.24, 2.45) is 0 Å². The molecule has 0 amide bonds. The smallest absolute Gasteiger partial charge is 0.272 e. The average Bonchev–Trinajstić information content (AvgIpc) is 2.95. The fourth-order valence-corrected chi connectivity index (χ4v) is 2.75. The number of aromatic amines is 1. The summed E-state index contributed by atoms with van der Waals surface area (Å²) in [6, 6.07) is 9.55. The molecule has 6 heteroatoms. The van der Waals surface area contributed by atoms with Crippen LogP contribution < -0.4 is 10.3 Å². The monoisotopic (exact) mass is 326 g/mol. The molecule has 0 aliphatic carbocycles. The molecule has 2 heterocycles. The lowest BCUT2D eigenvalue weighted by atomic mass is 10.1. The Morgan fingerprint density at radius 1 is 1.21 bits per heavy atom. The van der Waals surface area contributed by atoms with Crippen molar-refractivity contribution in [3.05, 3.63) is 63.7 Å². The van der Waals surface area contributed by atoms with Gasteiger partial charge in [-0.1, -0.05) is 6.07 Å². The zero-order valence-corrected chi connectivity index (χ0v) is 14.2. The zero-order chi connectivity index (χ0) is 17.1. The highest BCUT2D eigenvalue weighted by atomic mass is 16.5. The van der Waals surface area contributed by atoms with Gasteiger partial charge in [0.25, 0.3) is 5.56 Å². The van der Waals surface area contributed by atoms with Gasteiger partial charge >= 0.3 is 0 Å². The average molecular weight is 326 g/mol. The third-order valence-corrected chi connectivity index (χ3v) is 3.80. The normalized spacial score (nSPS) is 11.3. The van der Waals surface area contributed by atoms with Crippen LogP contribution in [0.25, 0.3) is 5.65 Å². The van der Waals surface area contributed by atoms with E-state index in [1.807, 2.05) is 19.2 Å². The minimum Gasteiger partial charge on any atom is -0.492 e. The van der Waals surface area contributed by atoms with Crippen LogP contribution in [-0.2, 0) is 6.54 Å². The van der Waals surface area contributed by atoms with Crippen LogP contribution in [0.1, 0.15) is 16.8 Å². The van der Waals surface area contributed by atoms with Crippen molar-refractivity contribution in [1.82, 2.24) is 19.5 Å². The number of fused-ring (bicyclic) bond motifs is 1. The number of H-pyrrole nitrogens is 1. The van der Waals surface area contributed by atoms with Crippen LogP contribution in [0.5, 0.6) is 5.75 Å². The van der Waals surface area contributed by atoms with Gasteiger partial charge in [-0.3, -0.25) is 14.8 Å². The molecule has 3 aromatic rings. The number of aromatic nitrogens is 3. The number of nitrogens with one attached hydrogen (secondary N) is 1. The van der Waals surface area contributed by atoms with Gasteiger partial charge in [0.2, 0.25) is 0 Å². The first-order valence-corrected chi connectivity index (χ1v) is 7.97. The molecule has 0 bridgehead atoms. The van der Waals surface area contributed by atoms with Crippen molar-refractivity contribution < 1.29 is 4.74 Å². The molecular formula is C18H22N4O2. The Kier molecular flexibility index (Phi) is 4.66. The summed E-state index contributed by atoms with van der Waals surface area (Å²) in [7, 11) is 1.99. The molecule has 24 heavy (non-hydrogen) atoms. The number of hydrogen-bond acceptors (Lipinski definition) is 4. The van der Waals surface area contributed by atoms with Crippen molar-refractivity contribution in [3.8, 4) is 5.75 Å². The van der Waals surface area contributed by atoms with Crippen LogP contribution in [0, 0.1) is 13.8 Å². The fraction of sp³-hybridized carbons (Fsp3) is 0.333. The second kappa shape index (κ2) is 6.88. The lowest BCUT2D eigenvalue weighted by Gasteiger charge is -2.17. The summed E-state index contributed by atoms with van der Waals surface area (Å²) in [6.45, 7) is 6.07. The first-order chi connectivity index (χ1) is 11.5. The van der Waals surface area contributed by atoms with Crippen molar-refractivity contribution in [2.75, 3.05) is 20.2 Å². The summed E-state index contributed by atoms with van der Waals surface area (Å²) in [6.07, 6.45) is 1.70. The number of nitrogens with zero attached hydrogens (tertiary/aromatic N) is 3. The van der Waals surface area contributed by atoms with Crippen LogP contribution in [-0.4, -0.2) is 39.7 Å². The highest BCUT2D eigenvalue weighted by Crippen LogP contribution is 2.16. The lowest BCUT2D eigenvalue weighted by Crippen LogP contribution is -2.26. The SMILES string of the molecule is Cc1cc(C)cc(OCCN(C)Cc2cc(=O)n3[nH]ccc3n2)c1. The number of ether oxygens (including phenoxy) is 1. The van der Waals surface area contributed by atoms with Gasteiger partial charge in [-0.15, -0.1) is 0 Å². The van der Waals surface area contributed by atoms with Crippen LogP contribution in [0.3, 0.4) is 0 Å². The summed E-state index contributed by atoms with van der Waals surface area (Å²) in [4.78, 5) is 18.5. The standard InChI is InChI=1S/C18H22N4O2/c1-13-8-14(2)10-16(9-13)24-7-6-21(3)12-15-11-18(23)22-17(20-15)4-5-19-22/h4-5,8-11,19H,6-7,12H2,1-3H3. The van der Waals surface area contributed by atoms with E-state index in [0.29, 0.717) is 18.8 Å². The highest BCUT2D eigenvalue weighted by molar-refractivity contribution is 5.36. The van der Waals surface area contributed by atoms with E-state index in [1.54, 1.807) is 18.3 Å². The second-order valence-corrected chi connectivity index (χ2v) is 6.15. The summed E-state index contributed by atoms with van der Waals surface area (Å²) in [5, 5.41) is 2.84. The molecule has 1 N–H and O–H groups in total. The van der Waals surface area contributed by atoms with E-state index in [4.69, 9.17) is 4.74 Å². The van der Waals surface area contributed by atoms with Crippen LogP contribution in [0.2, 0.25) is 0 Å². The number of benzene rings is 1. The third kappa shape index (κ3) is 3.83. The molecule has 0 atom stereocenters. The molecule has 6 nitrogen and oxygen atoms in total. The van der Waals surface area contributed by atoms with E-state index in [2.05, 4.69) is 34.9 Å². The number of rotatable bonds is 6. The predicted octanol–water partition coefficient (Wildman–Crippen LogP) is 2.15. The van der Waals surface area contributed by atoms with Gasteiger partial charge < -0.3 is 4.74 Å². The minimum atomic E-state index is -0.0973. The highest BCUT2D eigenvalue weighted by Gasteiger charge is 2.06. The van der Waals surface area contributed by atoms with Crippen molar-refractivity contribution in [3.63, 3.8) is 0 Å². The van der Waals surface area contributed by atoms with E-state index < -0.39 is 0 Å². The summed E-state index contributed by atoms with van der Waals surface area (Å²) in [5.74, 6) is 0.894. The van der Waals surface area contributed by atoms with E-state index in [0.717, 1.165) is 18.0 Å². The second-order valence-electron chi connectivity index (χ2n) is 6.15. The van der Waals surface area contributed by atoms with E-state index in [9.17, 15) is 4.79 Å². The Morgan fingerprint density at radius 3 is 2.71 bits per heavy atom. The molecule has 2 aromatic heterocycles. The molecule has 126 valence electrons. The van der Waals surface area contributed by atoms with E-state index in [-0.39, 0.29) is 5.56 Å². The van der Waals surface area contributed by atoms with Crippen molar-refractivity contribution >= 4 is 5.65 Å². The topological polar surface area (TPSA) is 62.6 Å². The van der Waals surface area contributed by atoms with Crippen LogP contribution >= 0.6 is 0 Å². The molecule has 0 aliphatic rings. The lowest BCUT2D eigenvalue weighted by molar-refractivity contribution is 0.231. The molecule has 0 fully saturated rings. The minimum absolute atomic E-state index is 0.0973. The number of aryl methyl sites for hydroxylation is 2. The Hall–Kier alpha value is -2.60. The summed E-state index contributed by atoms with van der Waals surface area (Å²) in [5.41, 5.74) is 3.69. The van der Waals surface area contributed by atoms with Crippen molar-refractivity contribution in [1.29, 1.82) is 0 Å². The maximum Gasteiger partial charge on any atom is 0.272 e. The molecule has 1 aromatic carbocycles. The first-order valence-electron chi connectivity index (χ1n) is 7.97. The first kappa shape index (κ1) is 16.3. The zero-order valence-electron chi connectivity index (χ0n) is 14.2. The summed E-state index contributed by atoms with van der Waals surface area (Å²) < 4.78 is 7.25. The maximum atomic E-state index is 12.0. The van der Waals surface area contributed by atoms with E-state index in [1.165, 1.54) is 15.6 Å². The Morgan fingerprint density at radius 2 is 1.96 bits per heavy atom. The molecule has 3 rings (SSSR count). The van der Waals surface area contributed by atoms with Crippen LogP contribution in [0.4, 0.5) is 0 Å². The molecule has 0 saturated heterocycles. The molecule has 0 unspecified atom stereocenters. The van der Waals surface area contributed by atoms with Gasteiger partial charge in [-0.2, -0.15) is 0 Å². The van der Waals surface area contributed by atoms with Gasteiger partial charge in [0.05, 0.1) is 5.69 Å². The van der Waals surface area contributed by atoms with E-state index >= 15 is 0 Å². The molecular weight excluding hydrogens is 304 g/mol. The van der Waals surface area contributed by atoms with Crippen molar-refractivity contribution in [2.45, 2.75) is 20.4 Å². The summed E-state index contributed by atoms with van der Waals surface area (Å²) >= 11 is 0. The quantitative estimate of drug-likeness (QED) is 0.754.